The summed E-state index contributed by atoms with van der Waals surface area (Å²) in [5.41, 5.74) is 6.00. The number of carbonyl (C=O) groups is 2. The Balaban J connectivity index is 2.24. The number of nitrogens with one attached hydrogen (secondary N) is 2. The summed E-state index contributed by atoms with van der Waals surface area (Å²) in [4.78, 5) is 22.1. The Bertz CT molecular complexity index is 461. The Hall–Kier alpha value is -1.95. The van der Waals surface area contributed by atoms with Crippen LogP contribution in [0.1, 0.15) is 11.6 Å². The quantitative estimate of drug-likeness (QED) is 0.668. The highest BCUT2D eigenvalue weighted by molar-refractivity contribution is 6.02. The first kappa shape index (κ1) is 10.6. The van der Waals surface area contributed by atoms with Crippen LogP contribution in [0, 0.1) is 5.82 Å². The Morgan fingerprint density at radius 1 is 1.56 bits per heavy atom. The number of carbonyl (C=O) groups excluding carboxylic acids is 2. The molecule has 0 aliphatic carbocycles. The molecule has 1 aliphatic heterocycles. The molecule has 2 rings (SSSR count). The van der Waals surface area contributed by atoms with E-state index in [1.54, 1.807) is 0 Å². The van der Waals surface area contributed by atoms with Gasteiger partial charge in [-0.3, -0.25) is 14.9 Å². The number of fused-ring (bicyclic) bond motifs is 1. The van der Waals surface area contributed by atoms with Gasteiger partial charge in [-0.1, -0.05) is 0 Å². The normalized spacial score (nSPS) is 18.1. The molecule has 0 aromatic heterocycles. The molecule has 0 spiro atoms. The molecule has 5 nitrogen and oxygen atoms in total. The standard InChI is InChI=1S/C10H10FN3O2/c11-5-1-2-7-6(3-5)9(10(16)14-7)13-4-8(12)15/h1-3,9,13H,4H2,(H2,12,15)(H,14,16). The zero-order valence-electron chi connectivity index (χ0n) is 8.29. The molecule has 1 unspecified atom stereocenters. The van der Waals surface area contributed by atoms with E-state index in [0.717, 1.165) is 0 Å². The highest BCUT2D eigenvalue weighted by atomic mass is 19.1. The van der Waals surface area contributed by atoms with Crippen LogP contribution < -0.4 is 16.4 Å². The van der Waals surface area contributed by atoms with Crippen molar-refractivity contribution < 1.29 is 14.0 Å². The maximum atomic E-state index is 13.0. The molecule has 6 heteroatoms. The van der Waals surface area contributed by atoms with Gasteiger partial charge in [0.2, 0.25) is 11.8 Å². The van der Waals surface area contributed by atoms with Crippen LogP contribution in [0.15, 0.2) is 18.2 Å². The predicted octanol–water partition coefficient (Wildman–Crippen LogP) is -0.106. The molecule has 1 heterocycles. The maximum Gasteiger partial charge on any atom is 0.246 e. The van der Waals surface area contributed by atoms with Crippen molar-refractivity contribution in [1.29, 1.82) is 0 Å². The summed E-state index contributed by atoms with van der Waals surface area (Å²) < 4.78 is 13.0. The fraction of sp³-hybridized carbons (Fsp3) is 0.200. The Morgan fingerprint density at radius 2 is 2.31 bits per heavy atom. The lowest BCUT2D eigenvalue weighted by atomic mass is 10.1. The van der Waals surface area contributed by atoms with Gasteiger partial charge in [0.15, 0.2) is 0 Å². The first-order valence-corrected chi connectivity index (χ1v) is 4.70. The van der Waals surface area contributed by atoms with Crippen LogP contribution in [0.2, 0.25) is 0 Å². The first-order valence-electron chi connectivity index (χ1n) is 4.70. The van der Waals surface area contributed by atoms with Gasteiger partial charge >= 0.3 is 0 Å². The number of rotatable bonds is 3. The molecule has 16 heavy (non-hydrogen) atoms. The minimum absolute atomic E-state index is 0.131. The molecule has 1 aromatic rings. The van der Waals surface area contributed by atoms with Crippen LogP contribution in [0.5, 0.6) is 0 Å². The summed E-state index contributed by atoms with van der Waals surface area (Å²) >= 11 is 0. The van der Waals surface area contributed by atoms with E-state index in [1.807, 2.05) is 0 Å². The number of hydrogen-bond acceptors (Lipinski definition) is 3. The number of halogens is 1. The van der Waals surface area contributed by atoms with Gasteiger partial charge in [0.1, 0.15) is 11.9 Å². The fourth-order valence-corrected chi connectivity index (χ4v) is 1.64. The molecule has 0 fully saturated rings. The van der Waals surface area contributed by atoms with Gasteiger partial charge in [-0.25, -0.2) is 4.39 Å². The van der Waals surface area contributed by atoms with Gasteiger partial charge in [-0.15, -0.1) is 0 Å². The van der Waals surface area contributed by atoms with Crippen LogP contribution in [-0.4, -0.2) is 18.4 Å². The monoisotopic (exact) mass is 223 g/mol. The van der Waals surface area contributed by atoms with E-state index >= 15 is 0 Å². The number of anilines is 1. The Kier molecular flexibility index (Phi) is 2.57. The summed E-state index contributed by atoms with van der Waals surface area (Å²) in [5.74, 6) is -1.32. The molecule has 0 radical (unpaired) electrons. The molecular weight excluding hydrogens is 213 g/mol. The van der Waals surface area contributed by atoms with E-state index in [2.05, 4.69) is 10.6 Å². The SMILES string of the molecule is NC(=O)CNC1C(=O)Nc2ccc(F)cc21. The van der Waals surface area contributed by atoms with Crippen molar-refractivity contribution in [1.82, 2.24) is 5.32 Å². The largest absolute Gasteiger partial charge is 0.369 e. The molecule has 1 aromatic carbocycles. The van der Waals surface area contributed by atoms with Crippen molar-refractivity contribution in [2.75, 3.05) is 11.9 Å². The molecule has 0 saturated carbocycles. The number of nitrogens with two attached hydrogens (primary N) is 1. The zero-order valence-corrected chi connectivity index (χ0v) is 8.29. The summed E-state index contributed by atoms with van der Waals surface area (Å²) in [6, 6.07) is 3.27. The van der Waals surface area contributed by atoms with Gasteiger partial charge in [-0.05, 0) is 18.2 Å². The summed E-state index contributed by atoms with van der Waals surface area (Å²) in [6.07, 6.45) is 0. The second-order valence-electron chi connectivity index (χ2n) is 3.50. The van der Waals surface area contributed by atoms with Crippen LogP contribution in [0.3, 0.4) is 0 Å². The minimum atomic E-state index is -0.724. The number of benzene rings is 1. The number of amides is 2. The molecule has 84 valence electrons. The van der Waals surface area contributed by atoms with E-state index in [-0.39, 0.29) is 12.5 Å². The number of hydrogen-bond donors (Lipinski definition) is 3. The van der Waals surface area contributed by atoms with E-state index in [0.29, 0.717) is 11.3 Å². The third-order valence-corrected chi connectivity index (χ3v) is 2.33. The fourth-order valence-electron chi connectivity index (χ4n) is 1.64. The second kappa shape index (κ2) is 3.90. The van der Waals surface area contributed by atoms with E-state index in [4.69, 9.17) is 5.73 Å². The molecule has 0 bridgehead atoms. The van der Waals surface area contributed by atoms with Crippen LogP contribution in [0.4, 0.5) is 10.1 Å². The molecular formula is C10H10FN3O2. The minimum Gasteiger partial charge on any atom is -0.369 e. The van der Waals surface area contributed by atoms with Crippen molar-refractivity contribution >= 4 is 17.5 Å². The summed E-state index contributed by atoms with van der Waals surface area (Å²) in [7, 11) is 0. The zero-order chi connectivity index (χ0) is 11.7. The van der Waals surface area contributed by atoms with Gasteiger partial charge in [-0.2, -0.15) is 0 Å². The lowest BCUT2D eigenvalue weighted by Gasteiger charge is -2.09. The lowest BCUT2D eigenvalue weighted by Crippen LogP contribution is -2.34. The molecule has 2 amide bonds. The van der Waals surface area contributed by atoms with Crippen LogP contribution >= 0.6 is 0 Å². The van der Waals surface area contributed by atoms with Crippen LogP contribution in [0.25, 0.3) is 0 Å². The molecule has 0 saturated heterocycles. The van der Waals surface area contributed by atoms with Gasteiger partial charge in [0, 0.05) is 11.3 Å². The predicted molar refractivity (Wildman–Crippen MR) is 55.0 cm³/mol. The topological polar surface area (TPSA) is 84.2 Å². The van der Waals surface area contributed by atoms with Crippen molar-refractivity contribution in [3.8, 4) is 0 Å². The molecule has 1 aliphatic rings. The van der Waals surface area contributed by atoms with E-state index in [1.165, 1.54) is 18.2 Å². The smallest absolute Gasteiger partial charge is 0.246 e. The van der Waals surface area contributed by atoms with E-state index < -0.39 is 17.8 Å². The average molecular weight is 223 g/mol. The highest BCUT2D eigenvalue weighted by Gasteiger charge is 2.30. The lowest BCUT2D eigenvalue weighted by molar-refractivity contribution is -0.119. The van der Waals surface area contributed by atoms with Crippen molar-refractivity contribution in [2.24, 2.45) is 5.73 Å². The van der Waals surface area contributed by atoms with Crippen LogP contribution in [-0.2, 0) is 9.59 Å². The van der Waals surface area contributed by atoms with Crippen molar-refractivity contribution in [3.05, 3.63) is 29.6 Å². The van der Waals surface area contributed by atoms with Crippen molar-refractivity contribution in [3.63, 3.8) is 0 Å². The van der Waals surface area contributed by atoms with Gasteiger partial charge in [0.25, 0.3) is 0 Å². The third-order valence-electron chi connectivity index (χ3n) is 2.33. The second-order valence-corrected chi connectivity index (χ2v) is 3.50. The maximum absolute atomic E-state index is 13.0. The highest BCUT2D eigenvalue weighted by Crippen LogP contribution is 2.30. The van der Waals surface area contributed by atoms with Crippen molar-refractivity contribution in [2.45, 2.75) is 6.04 Å². The van der Waals surface area contributed by atoms with E-state index in [9.17, 15) is 14.0 Å². The average Bonchev–Trinajstić information content (AvgIpc) is 2.51. The van der Waals surface area contributed by atoms with Gasteiger partial charge < -0.3 is 11.1 Å². The molecule has 1 atom stereocenters. The summed E-state index contributed by atoms with van der Waals surface area (Å²) in [6.45, 7) is -0.131. The molecule has 4 N–H and O–H groups in total. The Morgan fingerprint density at radius 3 is 3.00 bits per heavy atom. The Labute approximate surface area is 90.8 Å². The van der Waals surface area contributed by atoms with Gasteiger partial charge in [0.05, 0.1) is 6.54 Å². The third kappa shape index (κ3) is 1.87. The summed E-state index contributed by atoms with van der Waals surface area (Å²) in [5, 5.41) is 5.24. The number of primary amides is 1. The first-order chi connectivity index (χ1) is 7.58.